The minimum absolute atomic E-state index is 0.0371. The first-order valence-corrected chi connectivity index (χ1v) is 7.48. The topological polar surface area (TPSA) is 88.4 Å². The van der Waals surface area contributed by atoms with Crippen LogP contribution in [-0.2, 0) is 4.79 Å². The van der Waals surface area contributed by atoms with Gasteiger partial charge in [-0.05, 0) is 38.0 Å². The van der Waals surface area contributed by atoms with Gasteiger partial charge in [-0.2, -0.15) is 0 Å². The van der Waals surface area contributed by atoms with Crippen LogP contribution in [0.3, 0.4) is 0 Å². The molecular weight excluding hydrogens is 308 g/mol. The smallest absolute Gasteiger partial charge is 0.311 e. The number of nitrogens with zero attached hydrogens (tertiary/aromatic N) is 3. The van der Waals surface area contributed by atoms with Gasteiger partial charge in [0.1, 0.15) is 0 Å². The molecule has 0 aliphatic rings. The van der Waals surface area contributed by atoms with E-state index in [4.69, 9.17) is 0 Å². The average molecular weight is 328 g/mol. The van der Waals surface area contributed by atoms with Crippen LogP contribution in [0.4, 0.5) is 17.2 Å². The van der Waals surface area contributed by atoms with Gasteiger partial charge in [0.2, 0.25) is 11.7 Å². The summed E-state index contributed by atoms with van der Waals surface area (Å²) in [5.74, 6) is -0.0949. The number of amides is 1. The van der Waals surface area contributed by atoms with Gasteiger partial charge >= 0.3 is 5.69 Å². The second-order valence-corrected chi connectivity index (χ2v) is 5.78. The summed E-state index contributed by atoms with van der Waals surface area (Å²) in [6, 6.07) is 6.85. The Morgan fingerprint density at radius 1 is 1.29 bits per heavy atom. The second kappa shape index (κ2) is 7.08. The van der Waals surface area contributed by atoms with Crippen molar-refractivity contribution in [1.82, 2.24) is 4.98 Å². The molecule has 2 rings (SSSR count). The van der Waals surface area contributed by atoms with Crippen LogP contribution in [-0.4, -0.2) is 29.4 Å². The normalized spacial score (nSPS) is 10.3. The molecule has 0 unspecified atom stereocenters. The Kier molecular flexibility index (Phi) is 5.13. The third-order valence-corrected chi connectivity index (χ3v) is 3.65. The fourth-order valence-corrected chi connectivity index (χ4v) is 2.67. The number of aromatic nitrogens is 1. The lowest BCUT2D eigenvalue weighted by molar-refractivity contribution is -0.384. The number of rotatable bonds is 5. The third kappa shape index (κ3) is 3.87. The molecule has 1 aromatic heterocycles. The Balaban J connectivity index is 2.15. The summed E-state index contributed by atoms with van der Waals surface area (Å²) in [5.41, 5.74) is 3.73. The molecule has 7 heteroatoms. The van der Waals surface area contributed by atoms with Gasteiger partial charge in [0.05, 0.1) is 11.5 Å². The lowest BCUT2D eigenvalue weighted by Gasteiger charge is -2.19. The van der Waals surface area contributed by atoms with Gasteiger partial charge in [0.15, 0.2) is 0 Å². The Morgan fingerprint density at radius 2 is 1.92 bits per heavy atom. The number of carbonyl (C=O) groups is 1. The number of likely N-dealkylation sites (N-methyl/N-ethyl adjacent to an activating group) is 1. The predicted octanol–water partition coefficient (Wildman–Crippen LogP) is 2.99. The summed E-state index contributed by atoms with van der Waals surface area (Å²) in [6.07, 6.45) is 1.46. The minimum atomic E-state index is -0.509. The highest BCUT2D eigenvalue weighted by molar-refractivity contribution is 5.95. The lowest BCUT2D eigenvalue weighted by atomic mass is 10.1. The zero-order valence-electron chi connectivity index (χ0n) is 14.2. The summed E-state index contributed by atoms with van der Waals surface area (Å²) in [5, 5.41) is 13.9. The van der Waals surface area contributed by atoms with E-state index in [9.17, 15) is 14.9 Å². The molecule has 1 N–H and O–H groups in total. The van der Waals surface area contributed by atoms with Crippen molar-refractivity contribution in [3.63, 3.8) is 0 Å². The van der Waals surface area contributed by atoms with Crippen LogP contribution in [0, 0.1) is 30.9 Å². The zero-order valence-corrected chi connectivity index (χ0v) is 14.2. The van der Waals surface area contributed by atoms with E-state index in [1.54, 1.807) is 7.05 Å². The second-order valence-electron chi connectivity index (χ2n) is 5.78. The van der Waals surface area contributed by atoms with E-state index in [0.717, 1.165) is 22.4 Å². The number of aryl methyl sites for hydroxylation is 3. The first-order chi connectivity index (χ1) is 11.3. The molecule has 0 bridgehead atoms. The Morgan fingerprint density at radius 3 is 2.50 bits per heavy atom. The number of pyridine rings is 1. The summed E-state index contributed by atoms with van der Waals surface area (Å²) in [7, 11) is 1.60. The van der Waals surface area contributed by atoms with Crippen molar-refractivity contribution in [2.75, 3.05) is 23.8 Å². The van der Waals surface area contributed by atoms with Crippen LogP contribution in [0.25, 0.3) is 0 Å². The molecule has 0 saturated carbocycles. The molecule has 0 saturated heterocycles. The molecule has 0 fully saturated rings. The number of nitro groups is 1. The molecule has 0 spiro atoms. The van der Waals surface area contributed by atoms with Crippen LogP contribution in [0.1, 0.15) is 16.7 Å². The maximum absolute atomic E-state index is 12.3. The molecule has 1 heterocycles. The highest BCUT2D eigenvalue weighted by Crippen LogP contribution is 2.24. The van der Waals surface area contributed by atoms with Crippen molar-refractivity contribution in [1.29, 1.82) is 0 Å². The highest BCUT2D eigenvalue weighted by atomic mass is 16.6. The number of nitrogens with one attached hydrogen (secondary N) is 1. The molecule has 7 nitrogen and oxygen atoms in total. The van der Waals surface area contributed by atoms with E-state index >= 15 is 0 Å². The number of hydrogen-bond donors (Lipinski definition) is 1. The minimum Gasteiger partial charge on any atom is -0.345 e. The number of benzene rings is 1. The molecule has 24 heavy (non-hydrogen) atoms. The Bertz CT molecular complexity index is 766. The number of carbonyl (C=O) groups excluding carboxylic acids is 1. The summed E-state index contributed by atoms with van der Waals surface area (Å²) in [4.78, 5) is 28.3. The standard InChI is InChI=1S/C17H20N4O3/c1-11-8-12(2)16(13(3)9-11)19-15(22)10-20(4)17-14(21(23)24)6-5-7-18-17/h5-9H,10H2,1-4H3,(H,19,22). The van der Waals surface area contributed by atoms with E-state index in [-0.39, 0.29) is 24.0 Å². The van der Waals surface area contributed by atoms with Gasteiger partial charge in [0.25, 0.3) is 0 Å². The van der Waals surface area contributed by atoms with Crippen molar-refractivity contribution in [2.24, 2.45) is 0 Å². The molecule has 2 aromatic rings. The molecular formula is C17H20N4O3. The van der Waals surface area contributed by atoms with Gasteiger partial charge in [-0.15, -0.1) is 0 Å². The molecule has 0 aliphatic heterocycles. The zero-order chi connectivity index (χ0) is 17.9. The molecule has 0 radical (unpaired) electrons. The first kappa shape index (κ1) is 17.4. The molecule has 0 atom stereocenters. The van der Waals surface area contributed by atoms with E-state index < -0.39 is 4.92 Å². The fraction of sp³-hybridized carbons (Fsp3) is 0.294. The van der Waals surface area contributed by atoms with Crippen LogP contribution in [0.2, 0.25) is 0 Å². The van der Waals surface area contributed by atoms with Crippen molar-refractivity contribution in [2.45, 2.75) is 20.8 Å². The van der Waals surface area contributed by atoms with Gasteiger partial charge in [-0.25, -0.2) is 4.98 Å². The number of anilines is 2. The van der Waals surface area contributed by atoms with E-state index in [1.807, 2.05) is 32.9 Å². The Labute approximate surface area is 140 Å². The van der Waals surface area contributed by atoms with E-state index in [0.29, 0.717) is 0 Å². The van der Waals surface area contributed by atoms with Crippen LogP contribution >= 0.6 is 0 Å². The monoisotopic (exact) mass is 328 g/mol. The third-order valence-electron chi connectivity index (χ3n) is 3.65. The largest absolute Gasteiger partial charge is 0.345 e. The predicted molar refractivity (Wildman–Crippen MR) is 93.4 cm³/mol. The summed E-state index contributed by atoms with van der Waals surface area (Å²) >= 11 is 0. The van der Waals surface area contributed by atoms with Gasteiger partial charge in [0, 0.05) is 25.0 Å². The van der Waals surface area contributed by atoms with Crippen molar-refractivity contribution < 1.29 is 9.72 Å². The van der Waals surface area contributed by atoms with Crippen LogP contribution in [0.5, 0.6) is 0 Å². The quantitative estimate of drug-likeness (QED) is 0.673. The molecule has 1 aromatic carbocycles. The first-order valence-electron chi connectivity index (χ1n) is 7.48. The fourth-order valence-electron chi connectivity index (χ4n) is 2.67. The van der Waals surface area contributed by atoms with Crippen LogP contribution < -0.4 is 10.2 Å². The Hall–Kier alpha value is -2.96. The molecule has 126 valence electrons. The maximum atomic E-state index is 12.3. The van der Waals surface area contributed by atoms with Gasteiger partial charge in [-0.3, -0.25) is 14.9 Å². The SMILES string of the molecule is Cc1cc(C)c(NC(=O)CN(C)c2ncccc2[N+](=O)[O-])c(C)c1. The lowest BCUT2D eigenvalue weighted by Crippen LogP contribution is -2.31. The summed E-state index contributed by atoms with van der Waals surface area (Å²) in [6.45, 7) is 5.83. The van der Waals surface area contributed by atoms with Gasteiger partial charge in [-0.1, -0.05) is 17.7 Å². The molecule has 0 aliphatic carbocycles. The van der Waals surface area contributed by atoms with Crippen LogP contribution in [0.15, 0.2) is 30.5 Å². The average Bonchev–Trinajstić information content (AvgIpc) is 2.50. The van der Waals surface area contributed by atoms with E-state index in [1.165, 1.54) is 23.2 Å². The number of hydrogen-bond acceptors (Lipinski definition) is 5. The maximum Gasteiger partial charge on any atom is 0.311 e. The van der Waals surface area contributed by atoms with Crippen molar-refractivity contribution >= 4 is 23.1 Å². The van der Waals surface area contributed by atoms with Gasteiger partial charge < -0.3 is 10.2 Å². The van der Waals surface area contributed by atoms with Crippen molar-refractivity contribution in [3.05, 3.63) is 57.3 Å². The van der Waals surface area contributed by atoms with Crippen molar-refractivity contribution in [3.8, 4) is 0 Å². The highest BCUT2D eigenvalue weighted by Gasteiger charge is 2.20. The van der Waals surface area contributed by atoms with E-state index in [2.05, 4.69) is 10.3 Å². The summed E-state index contributed by atoms with van der Waals surface area (Å²) < 4.78 is 0. The molecule has 1 amide bonds.